The normalized spacial score (nSPS) is 19.8. The summed E-state index contributed by atoms with van der Waals surface area (Å²) in [7, 11) is -3.55. The average Bonchev–Trinajstić information content (AvgIpc) is 2.29. The number of halogens is 3. The van der Waals surface area contributed by atoms with Crippen LogP contribution >= 0.6 is 39.9 Å². The van der Waals surface area contributed by atoms with Crippen LogP contribution in [0.1, 0.15) is 12.8 Å². The van der Waals surface area contributed by atoms with Crippen molar-refractivity contribution >= 4 is 50.0 Å². The molecule has 1 heterocycles. The molecule has 0 bridgehead atoms. The molecule has 19 heavy (non-hydrogen) atoms. The summed E-state index contributed by atoms with van der Waals surface area (Å²) in [6, 6.07) is 4.68. The molecule has 0 aliphatic carbocycles. The van der Waals surface area contributed by atoms with Crippen LogP contribution in [0.25, 0.3) is 0 Å². The minimum atomic E-state index is -3.55. The number of nitrogens with one attached hydrogen (secondary N) is 2. The summed E-state index contributed by atoms with van der Waals surface area (Å²) in [5.41, 5.74) is 0. The van der Waals surface area contributed by atoms with Gasteiger partial charge in [0.05, 0.1) is 5.02 Å². The third-order valence-electron chi connectivity index (χ3n) is 2.80. The van der Waals surface area contributed by atoms with Crippen LogP contribution in [-0.4, -0.2) is 27.5 Å². The first-order valence-electron chi connectivity index (χ1n) is 5.67. The van der Waals surface area contributed by atoms with Gasteiger partial charge in [0.15, 0.2) is 0 Å². The van der Waals surface area contributed by atoms with Crippen LogP contribution in [0.5, 0.6) is 0 Å². The molecule has 1 aromatic carbocycles. The molecule has 1 aromatic rings. The van der Waals surface area contributed by atoms with Gasteiger partial charge in [-0.05, 0) is 37.6 Å². The molecule has 4 nitrogen and oxygen atoms in total. The monoisotopic (exact) mass is 388 g/mol. The lowest BCUT2D eigenvalue weighted by Crippen LogP contribution is -2.45. The molecule has 2 rings (SSSR count). The van der Waals surface area contributed by atoms with Crippen LogP contribution in [0.3, 0.4) is 0 Å². The highest BCUT2D eigenvalue weighted by Gasteiger charge is 2.23. The van der Waals surface area contributed by atoms with E-state index in [1.165, 1.54) is 6.07 Å². The summed E-state index contributed by atoms with van der Waals surface area (Å²) >= 11 is 9.22. The van der Waals surface area contributed by atoms with Crippen molar-refractivity contribution in [2.75, 3.05) is 13.1 Å². The van der Waals surface area contributed by atoms with Crippen molar-refractivity contribution < 1.29 is 8.42 Å². The van der Waals surface area contributed by atoms with E-state index in [0.717, 1.165) is 23.9 Å². The molecule has 1 fully saturated rings. The number of piperidine rings is 1. The molecule has 1 atom stereocenters. The lowest BCUT2D eigenvalue weighted by Gasteiger charge is -2.23. The van der Waals surface area contributed by atoms with Crippen LogP contribution in [0.15, 0.2) is 27.6 Å². The Morgan fingerprint density at radius 3 is 2.74 bits per heavy atom. The molecule has 0 saturated carbocycles. The van der Waals surface area contributed by atoms with E-state index in [2.05, 4.69) is 26.0 Å². The Balaban J connectivity index is 0.00000180. The standard InChI is InChI=1S/C11H14BrClN2O2S.ClH/c12-8-3-4-11(10(13)6-8)18(16,17)15-9-2-1-5-14-7-9;/h3-4,6,9,14-15H,1-2,5,7H2;1H. The second kappa shape index (κ2) is 7.24. The molecule has 1 saturated heterocycles. The van der Waals surface area contributed by atoms with Gasteiger partial charge in [-0.2, -0.15) is 0 Å². The maximum Gasteiger partial charge on any atom is 0.242 e. The van der Waals surface area contributed by atoms with Crippen LogP contribution in [0, 0.1) is 0 Å². The highest BCUT2D eigenvalue weighted by atomic mass is 79.9. The number of benzene rings is 1. The maximum absolute atomic E-state index is 12.2. The summed E-state index contributed by atoms with van der Waals surface area (Å²) < 4.78 is 27.8. The molecule has 1 aliphatic rings. The van der Waals surface area contributed by atoms with E-state index in [0.29, 0.717) is 6.54 Å². The van der Waals surface area contributed by atoms with Crippen molar-refractivity contribution in [2.24, 2.45) is 0 Å². The van der Waals surface area contributed by atoms with Crippen molar-refractivity contribution in [3.05, 3.63) is 27.7 Å². The first-order chi connectivity index (χ1) is 8.49. The van der Waals surface area contributed by atoms with E-state index in [-0.39, 0.29) is 28.4 Å². The molecular formula is C11H15BrCl2N2O2S. The first kappa shape index (κ1) is 17.2. The van der Waals surface area contributed by atoms with E-state index in [4.69, 9.17) is 11.6 Å². The SMILES string of the molecule is Cl.O=S(=O)(NC1CCCNC1)c1ccc(Br)cc1Cl. The van der Waals surface area contributed by atoms with Gasteiger partial charge in [0.1, 0.15) is 4.90 Å². The van der Waals surface area contributed by atoms with Crippen molar-refractivity contribution in [2.45, 2.75) is 23.8 Å². The zero-order valence-corrected chi connectivity index (χ0v) is 14.0. The number of sulfonamides is 1. The number of hydrogen-bond donors (Lipinski definition) is 2. The van der Waals surface area contributed by atoms with E-state index in [1.807, 2.05) is 0 Å². The molecule has 0 aromatic heterocycles. The number of rotatable bonds is 3. The van der Waals surface area contributed by atoms with Crippen molar-refractivity contribution in [1.82, 2.24) is 10.0 Å². The van der Waals surface area contributed by atoms with E-state index < -0.39 is 10.0 Å². The fourth-order valence-electron chi connectivity index (χ4n) is 1.93. The summed E-state index contributed by atoms with van der Waals surface area (Å²) in [4.78, 5) is 0.123. The molecule has 8 heteroatoms. The fraction of sp³-hybridized carbons (Fsp3) is 0.455. The molecule has 1 aliphatic heterocycles. The van der Waals surface area contributed by atoms with Gasteiger partial charge in [-0.15, -0.1) is 12.4 Å². The predicted octanol–water partition coefficient (Wildman–Crippen LogP) is 2.55. The maximum atomic E-state index is 12.2. The summed E-state index contributed by atoms with van der Waals surface area (Å²) in [6.07, 6.45) is 1.82. The summed E-state index contributed by atoms with van der Waals surface area (Å²) in [5, 5.41) is 3.39. The van der Waals surface area contributed by atoms with Crippen molar-refractivity contribution in [3.8, 4) is 0 Å². The second-order valence-corrected chi connectivity index (χ2v) is 7.24. The van der Waals surface area contributed by atoms with Gasteiger partial charge < -0.3 is 5.32 Å². The Labute approximate surface area is 132 Å². The van der Waals surface area contributed by atoms with Gasteiger partial charge in [0.25, 0.3) is 0 Å². The fourth-order valence-corrected chi connectivity index (χ4v) is 4.24. The number of hydrogen-bond acceptors (Lipinski definition) is 3. The van der Waals surface area contributed by atoms with Crippen LogP contribution < -0.4 is 10.0 Å². The Morgan fingerprint density at radius 2 is 2.16 bits per heavy atom. The molecular weight excluding hydrogens is 375 g/mol. The van der Waals surface area contributed by atoms with Crippen LogP contribution in [0.4, 0.5) is 0 Å². The lowest BCUT2D eigenvalue weighted by molar-refractivity contribution is 0.428. The first-order valence-corrected chi connectivity index (χ1v) is 8.32. The quantitative estimate of drug-likeness (QED) is 0.835. The molecule has 1 unspecified atom stereocenters. The molecule has 0 spiro atoms. The second-order valence-electron chi connectivity index (χ2n) is 4.24. The van der Waals surface area contributed by atoms with Gasteiger partial charge in [-0.25, -0.2) is 13.1 Å². The topological polar surface area (TPSA) is 58.2 Å². The molecule has 108 valence electrons. The van der Waals surface area contributed by atoms with Gasteiger partial charge in [-0.1, -0.05) is 27.5 Å². The zero-order chi connectivity index (χ0) is 13.2. The van der Waals surface area contributed by atoms with E-state index in [1.54, 1.807) is 12.1 Å². The molecule has 0 amide bonds. The van der Waals surface area contributed by atoms with Gasteiger partial charge >= 0.3 is 0 Å². The van der Waals surface area contributed by atoms with Crippen molar-refractivity contribution in [3.63, 3.8) is 0 Å². The zero-order valence-electron chi connectivity index (χ0n) is 10.0. The Kier molecular flexibility index (Phi) is 6.56. The Morgan fingerprint density at radius 1 is 1.42 bits per heavy atom. The van der Waals surface area contributed by atoms with Crippen LogP contribution in [0.2, 0.25) is 5.02 Å². The summed E-state index contributed by atoms with van der Waals surface area (Å²) in [5.74, 6) is 0. The largest absolute Gasteiger partial charge is 0.315 e. The summed E-state index contributed by atoms with van der Waals surface area (Å²) in [6.45, 7) is 1.60. The third-order valence-corrected chi connectivity index (χ3v) is 5.30. The highest BCUT2D eigenvalue weighted by molar-refractivity contribution is 9.10. The highest BCUT2D eigenvalue weighted by Crippen LogP contribution is 2.25. The van der Waals surface area contributed by atoms with Gasteiger partial charge in [0.2, 0.25) is 10.0 Å². The van der Waals surface area contributed by atoms with Gasteiger partial charge in [0, 0.05) is 17.1 Å². The van der Waals surface area contributed by atoms with Gasteiger partial charge in [-0.3, -0.25) is 0 Å². The minimum absolute atomic E-state index is 0. The smallest absolute Gasteiger partial charge is 0.242 e. The average molecular weight is 390 g/mol. The predicted molar refractivity (Wildman–Crippen MR) is 82.6 cm³/mol. The van der Waals surface area contributed by atoms with Crippen LogP contribution in [-0.2, 0) is 10.0 Å². The molecule has 2 N–H and O–H groups in total. The Hall–Kier alpha value is 0.150. The van der Waals surface area contributed by atoms with Crippen molar-refractivity contribution in [1.29, 1.82) is 0 Å². The lowest BCUT2D eigenvalue weighted by atomic mass is 10.1. The third kappa shape index (κ3) is 4.58. The Bertz CT molecular complexity index is 533. The van der Waals surface area contributed by atoms with E-state index >= 15 is 0 Å². The minimum Gasteiger partial charge on any atom is -0.315 e. The molecule has 0 radical (unpaired) electrons. The van der Waals surface area contributed by atoms with E-state index in [9.17, 15) is 8.42 Å².